The fraction of sp³-hybridized carbons (Fsp3) is 0.650. The zero-order chi connectivity index (χ0) is 21.9. The molecular weight excluding hydrogens is 448 g/mol. The molecule has 7 nitrogen and oxygen atoms in total. The molecule has 0 aromatic heterocycles. The Kier molecular flexibility index (Phi) is 7.48. The topological polar surface area (TPSA) is 91.8 Å². The van der Waals surface area contributed by atoms with Gasteiger partial charge in [0.15, 0.2) is 9.84 Å². The Balaban J connectivity index is 1.91. The van der Waals surface area contributed by atoms with Crippen LogP contribution in [0.4, 0.5) is 0 Å². The summed E-state index contributed by atoms with van der Waals surface area (Å²) in [6.07, 6.45) is 4.61. The van der Waals surface area contributed by atoms with Crippen LogP contribution in [0, 0.1) is 0 Å². The van der Waals surface area contributed by atoms with Crippen molar-refractivity contribution in [2.75, 3.05) is 31.1 Å². The molecule has 1 amide bonds. The number of rotatable bonds is 7. The zero-order valence-electron chi connectivity index (χ0n) is 17.2. The molecule has 1 aromatic rings. The van der Waals surface area contributed by atoms with E-state index in [2.05, 4.69) is 0 Å². The highest BCUT2D eigenvalue weighted by molar-refractivity contribution is 7.91. The molecule has 0 bridgehead atoms. The zero-order valence-corrected chi connectivity index (χ0v) is 19.6. The molecule has 0 N–H and O–H groups in total. The van der Waals surface area contributed by atoms with E-state index in [0.717, 1.165) is 32.1 Å². The number of carbonyl (C=O) groups excluding carboxylic acids is 1. The molecule has 1 atom stereocenters. The molecule has 1 aromatic carbocycles. The lowest BCUT2D eigenvalue weighted by Crippen LogP contribution is -2.42. The molecule has 3 rings (SSSR count). The standard InChI is InChI=1S/C20H29ClN2O5S2/c1-2-3-12-23(17-9-13-29(25,26)15-17)20(24)16-7-8-18(21)19(14-16)30(27,28)22-10-5-4-6-11-22/h7-8,14,17H,2-6,9-13,15H2,1H3. The maximum absolute atomic E-state index is 13.3. The number of nitrogens with zero attached hydrogens (tertiary/aromatic N) is 2. The van der Waals surface area contributed by atoms with Gasteiger partial charge in [-0.2, -0.15) is 4.31 Å². The van der Waals surface area contributed by atoms with Crippen LogP contribution in [0.5, 0.6) is 0 Å². The van der Waals surface area contributed by atoms with Crippen molar-refractivity contribution >= 4 is 37.4 Å². The average Bonchev–Trinajstić information content (AvgIpc) is 3.08. The molecular formula is C20H29ClN2O5S2. The van der Waals surface area contributed by atoms with Gasteiger partial charge in [-0.25, -0.2) is 16.8 Å². The first-order valence-electron chi connectivity index (χ1n) is 10.5. The van der Waals surface area contributed by atoms with Crippen LogP contribution < -0.4 is 0 Å². The van der Waals surface area contributed by atoms with Gasteiger partial charge in [0, 0.05) is 31.2 Å². The van der Waals surface area contributed by atoms with Gasteiger partial charge in [0.25, 0.3) is 5.91 Å². The Morgan fingerprint density at radius 3 is 2.53 bits per heavy atom. The molecule has 168 valence electrons. The second kappa shape index (κ2) is 9.54. The second-order valence-corrected chi connectivity index (χ2v) is 12.6. The maximum atomic E-state index is 13.3. The summed E-state index contributed by atoms with van der Waals surface area (Å²) in [5, 5.41) is 0.0840. The summed E-state index contributed by atoms with van der Waals surface area (Å²) in [6, 6.07) is 3.92. The van der Waals surface area contributed by atoms with E-state index in [9.17, 15) is 21.6 Å². The van der Waals surface area contributed by atoms with Gasteiger partial charge in [-0.05, 0) is 43.9 Å². The van der Waals surface area contributed by atoms with Crippen LogP contribution in [0.3, 0.4) is 0 Å². The Morgan fingerprint density at radius 1 is 1.23 bits per heavy atom. The lowest BCUT2D eigenvalue weighted by atomic mass is 10.1. The summed E-state index contributed by atoms with van der Waals surface area (Å²) >= 11 is 6.22. The largest absolute Gasteiger partial charge is 0.335 e. The molecule has 2 saturated heterocycles. The highest BCUT2D eigenvalue weighted by Gasteiger charge is 2.35. The van der Waals surface area contributed by atoms with Crippen LogP contribution in [-0.4, -0.2) is 69.1 Å². The van der Waals surface area contributed by atoms with Gasteiger partial charge >= 0.3 is 0 Å². The highest BCUT2D eigenvalue weighted by atomic mass is 35.5. The first-order valence-corrected chi connectivity index (χ1v) is 14.1. The smallest absolute Gasteiger partial charge is 0.254 e. The molecule has 10 heteroatoms. The van der Waals surface area contributed by atoms with Crippen molar-refractivity contribution in [3.63, 3.8) is 0 Å². The minimum atomic E-state index is -3.79. The molecule has 0 aliphatic carbocycles. The SMILES string of the molecule is CCCCN(C(=O)c1ccc(Cl)c(S(=O)(=O)N2CCCCC2)c1)C1CCS(=O)(=O)C1. The van der Waals surface area contributed by atoms with Gasteiger partial charge in [0.2, 0.25) is 10.0 Å². The molecule has 30 heavy (non-hydrogen) atoms. The number of sulfonamides is 1. The van der Waals surface area contributed by atoms with Crippen LogP contribution in [0.1, 0.15) is 55.8 Å². The van der Waals surface area contributed by atoms with Gasteiger partial charge in [-0.15, -0.1) is 0 Å². The lowest BCUT2D eigenvalue weighted by molar-refractivity contribution is 0.0694. The summed E-state index contributed by atoms with van der Waals surface area (Å²) in [7, 11) is -6.95. The summed E-state index contributed by atoms with van der Waals surface area (Å²) in [6.45, 7) is 3.32. The van der Waals surface area contributed by atoms with E-state index in [1.54, 1.807) is 4.90 Å². The fourth-order valence-electron chi connectivity index (χ4n) is 4.04. The van der Waals surface area contributed by atoms with Crippen LogP contribution >= 0.6 is 11.6 Å². The van der Waals surface area contributed by atoms with Crippen LogP contribution in [0.25, 0.3) is 0 Å². The van der Waals surface area contributed by atoms with Gasteiger partial charge in [-0.1, -0.05) is 31.4 Å². The van der Waals surface area contributed by atoms with Crippen molar-refractivity contribution < 1.29 is 21.6 Å². The fourth-order valence-corrected chi connectivity index (χ4v) is 7.79. The first-order chi connectivity index (χ1) is 14.2. The summed E-state index contributed by atoms with van der Waals surface area (Å²) in [5.41, 5.74) is 0.218. The predicted molar refractivity (Wildman–Crippen MR) is 117 cm³/mol. The second-order valence-electron chi connectivity index (χ2n) is 8.02. The number of halogens is 1. The van der Waals surface area contributed by atoms with Crippen molar-refractivity contribution in [2.45, 2.75) is 56.4 Å². The normalized spacial score (nSPS) is 22.1. The molecule has 2 aliphatic heterocycles. The van der Waals surface area contributed by atoms with E-state index in [4.69, 9.17) is 11.6 Å². The molecule has 2 heterocycles. The van der Waals surface area contributed by atoms with E-state index in [0.29, 0.717) is 26.1 Å². The number of sulfone groups is 1. The lowest BCUT2D eigenvalue weighted by Gasteiger charge is -2.29. The monoisotopic (exact) mass is 476 g/mol. The summed E-state index contributed by atoms with van der Waals surface area (Å²) < 4.78 is 51.5. The summed E-state index contributed by atoms with van der Waals surface area (Å²) in [4.78, 5) is 14.8. The molecule has 1 unspecified atom stereocenters. The van der Waals surface area contributed by atoms with E-state index in [-0.39, 0.29) is 38.9 Å². The van der Waals surface area contributed by atoms with E-state index in [1.807, 2.05) is 6.92 Å². The Hall–Kier alpha value is -1.16. The number of benzene rings is 1. The van der Waals surface area contributed by atoms with Crippen LogP contribution in [0.15, 0.2) is 23.1 Å². The van der Waals surface area contributed by atoms with Gasteiger partial charge < -0.3 is 4.90 Å². The first kappa shape index (κ1) is 23.5. The maximum Gasteiger partial charge on any atom is 0.254 e. The Bertz CT molecular complexity index is 988. The van der Waals surface area contributed by atoms with Gasteiger partial charge in [0.1, 0.15) is 4.90 Å². The van der Waals surface area contributed by atoms with Crippen molar-refractivity contribution in [1.82, 2.24) is 9.21 Å². The van der Waals surface area contributed by atoms with Gasteiger partial charge in [0.05, 0.1) is 16.5 Å². The van der Waals surface area contributed by atoms with Crippen molar-refractivity contribution in [1.29, 1.82) is 0 Å². The minimum Gasteiger partial charge on any atom is -0.335 e. The van der Waals surface area contributed by atoms with Gasteiger partial charge in [-0.3, -0.25) is 4.79 Å². The highest BCUT2D eigenvalue weighted by Crippen LogP contribution is 2.29. The molecule has 2 fully saturated rings. The third-order valence-electron chi connectivity index (χ3n) is 5.77. The average molecular weight is 477 g/mol. The quantitative estimate of drug-likeness (QED) is 0.603. The third-order valence-corrected chi connectivity index (χ3v) is 9.90. The minimum absolute atomic E-state index is 0.0466. The number of piperidine rings is 1. The van der Waals surface area contributed by atoms with E-state index >= 15 is 0 Å². The predicted octanol–water partition coefficient (Wildman–Crippen LogP) is 2.94. The number of unbranched alkanes of at least 4 members (excludes halogenated alkanes) is 1. The third kappa shape index (κ3) is 5.18. The number of carbonyl (C=O) groups is 1. The molecule has 0 spiro atoms. The number of amides is 1. The molecule has 0 radical (unpaired) electrons. The number of hydrogen-bond donors (Lipinski definition) is 0. The Morgan fingerprint density at radius 2 is 1.93 bits per heavy atom. The number of hydrogen-bond acceptors (Lipinski definition) is 5. The van der Waals surface area contributed by atoms with E-state index < -0.39 is 19.9 Å². The van der Waals surface area contributed by atoms with Crippen molar-refractivity contribution in [3.05, 3.63) is 28.8 Å². The summed E-state index contributed by atoms with van der Waals surface area (Å²) in [5.74, 6) is -0.324. The Labute approximate surface area is 184 Å². The van der Waals surface area contributed by atoms with Crippen molar-refractivity contribution in [3.8, 4) is 0 Å². The molecule has 0 saturated carbocycles. The van der Waals surface area contributed by atoms with Crippen LogP contribution in [-0.2, 0) is 19.9 Å². The van der Waals surface area contributed by atoms with E-state index in [1.165, 1.54) is 22.5 Å². The molecule has 2 aliphatic rings. The van der Waals surface area contributed by atoms with Crippen LogP contribution in [0.2, 0.25) is 5.02 Å². The van der Waals surface area contributed by atoms with Crippen molar-refractivity contribution in [2.24, 2.45) is 0 Å².